The minimum Gasteiger partial charge on any atom is -0.425 e. The molecule has 1 heterocycles. The van der Waals surface area contributed by atoms with Crippen molar-refractivity contribution in [3.05, 3.63) is 35.4 Å². The molecule has 1 aromatic carbocycles. The van der Waals surface area contributed by atoms with Crippen molar-refractivity contribution in [1.82, 2.24) is 5.32 Å². The lowest BCUT2D eigenvalue weighted by Crippen LogP contribution is -2.41. The second-order valence-corrected chi connectivity index (χ2v) is 3.58. The summed E-state index contributed by atoms with van der Waals surface area (Å²) in [4.78, 5) is 15.2. The number of carbonyl (C=O) groups excluding carboxylic acids is 1. The van der Waals surface area contributed by atoms with Crippen molar-refractivity contribution < 1.29 is 4.79 Å². The molecule has 0 radical (unpaired) electrons. The summed E-state index contributed by atoms with van der Waals surface area (Å²) in [6.45, 7) is 2.38. The van der Waals surface area contributed by atoms with Crippen LogP contribution in [0, 0.1) is 0 Å². The van der Waals surface area contributed by atoms with Crippen LogP contribution in [0.25, 0.3) is 0 Å². The average Bonchev–Trinajstić information content (AvgIpc) is 2.29. The van der Waals surface area contributed by atoms with Crippen LogP contribution in [-0.2, 0) is 17.8 Å². The molecule has 0 aromatic heterocycles. The SMILES string of the molecule is C[C-]=NC(=O)C1Cc2ccccc2CN1. The van der Waals surface area contributed by atoms with E-state index in [1.165, 1.54) is 11.1 Å². The van der Waals surface area contributed by atoms with E-state index in [0.717, 1.165) is 13.0 Å². The van der Waals surface area contributed by atoms with Gasteiger partial charge in [-0.15, -0.1) is 6.92 Å². The quantitative estimate of drug-likeness (QED) is 0.548. The fourth-order valence-corrected chi connectivity index (χ4v) is 1.82. The molecule has 3 nitrogen and oxygen atoms in total. The van der Waals surface area contributed by atoms with Gasteiger partial charge < -0.3 is 15.1 Å². The van der Waals surface area contributed by atoms with Crippen molar-refractivity contribution >= 4 is 12.1 Å². The summed E-state index contributed by atoms with van der Waals surface area (Å²) in [5.74, 6) is -0.132. The van der Waals surface area contributed by atoms with E-state index in [1.807, 2.05) is 12.1 Å². The number of aliphatic imine (C=N–C) groups is 1. The van der Waals surface area contributed by atoms with Gasteiger partial charge in [0, 0.05) is 12.6 Å². The Labute approximate surface area is 89.2 Å². The maximum atomic E-state index is 11.5. The van der Waals surface area contributed by atoms with E-state index < -0.39 is 0 Å². The fourth-order valence-electron chi connectivity index (χ4n) is 1.82. The Morgan fingerprint density at radius 3 is 2.93 bits per heavy atom. The highest BCUT2D eigenvalue weighted by Gasteiger charge is 2.17. The zero-order valence-corrected chi connectivity index (χ0v) is 8.66. The molecule has 0 saturated carbocycles. The number of amides is 1. The van der Waals surface area contributed by atoms with E-state index in [1.54, 1.807) is 6.92 Å². The molecule has 1 N–H and O–H groups in total. The van der Waals surface area contributed by atoms with Crippen molar-refractivity contribution in [3.63, 3.8) is 0 Å². The molecule has 0 spiro atoms. The molecular weight excluding hydrogens is 188 g/mol. The van der Waals surface area contributed by atoms with Gasteiger partial charge in [-0.1, -0.05) is 24.3 Å². The highest BCUT2D eigenvalue weighted by molar-refractivity contribution is 5.89. The van der Waals surface area contributed by atoms with Gasteiger partial charge in [-0.05, 0) is 17.5 Å². The van der Waals surface area contributed by atoms with E-state index in [0.29, 0.717) is 0 Å². The van der Waals surface area contributed by atoms with Crippen LogP contribution in [0.5, 0.6) is 0 Å². The first-order valence-corrected chi connectivity index (χ1v) is 5.02. The summed E-state index contributed by atoms with van der Waals surface area (Å²) in [5, 5.41) is 3.18. The van der Waals surface area contributed by atoms with Crippen molar-refractivity contribution in [2.45, 2.75) is 25.9 Å². The van der Waals surface area contributed by atoms with Gasteiger partial charge in [0.2, 0.25) is 0 Å². The summed E-state index contributed by atoms with van der Waals surface area (Å²) in [7, 11) is 0. The normalized spacial score (nSPS) is 20.2. The third kappa shape index (κ3) is 2.13. The maximum Gasteiger partial charge on any atom is 0.104 e. The molecule has 1 aliphatic rings. The van der Waals surface area contributed by atoms with Gasteiger partial charge in [0.25, 0.3) is 0 Å². The molecule has 1 atom stereocenters. The molecule has 2 rings (SSSR count). The summed E-state index contributed by atoms with van der Waals surface area (Å²) >= 11 is 0. The van der Waals surface area contributed by atoms with Crippen molar-refractivity contribution in [2.24, 2.45) is 4.99 Å². The lowest BCUT2D eigenvalue weighted by molar-refractivity contribution is -0.119. The first-order chi connectivity index (χ1) is 7.31. The monoisotopic (exact) mass is 201 g/mol. The molecule has 1 amide bonds. The van der Waals surface area contributed by atoms with Gasteiger partial charge in [-0.3, -0.25) is 0 Å². The number of hydrogen-bond acceptors (Lipinski definition) is 2. The molecule has 3 heteroatoms. The van der Waals surface area contributed by atoms with E-state index in [9.17, 15) is 4.79 Å². The van der Waals surface area contributed by atoms with Crippen molar-refractivity contribution in [3.8, 4) is 0 Å². The molecular formula is C12H13N2O-. The molecule has 15 heavy (non-hydrogen) atoms. The van der Waals surface area contributed by atoms with Gasteiger partial charge >= 0.3 is 0 Å². The predicted molar refractivity (Wildman–Crippen MR) is 58.9 cm³/mol. The largest absolute Gasteiger partial charge is 0.425 e. The summed E-state index contributed by atoms with van der Waals surface area (Å²) in [6.07, 6.45) is 3.25. The fraction of sp³-hybridized carbons (Fsp3) is 0.333. The molecule has 78 valence electrons. The smallest absolute Gasteiger partial charge is 0.104 e. The van der Waals surface area contributed by atoms with E-state index in [-0.39, 0.29) is 11.9 Å². The summed E-state index contributed by atoms with van der Waals surface area (Å²) in [5.41, 5.74) is 2.51. The Bertz CT molecular complexity index is 398. The lowest BCUT2D eigenvalue weighted by atomic mass is 9.96. The molecule has 0 aliphatic carbocycles. The number of nitrogens with one attached hydrogen (secondary N) is 1. The van der Waals surface area contributed by atoms with Crippen LogP contribution < -0.4 is 5.32 Å². The second-order valence-electron chi connectivity index (χ2n) is 3.58. The third-order valence-corrected chi connectivity index (χ3v) is 2.60. The first kappa shape index (κ1) is 10.1. The molecule has 0 fully saturated rings. The number of rotatable bonds is 1. The molecule has 0 bridgehead atoms. The van der Waals surface area contributed by atoms with Crippen LogP contribution in [-0.4, -0.2) is 18.2 Å². The highest BCUT2D eigenvalue weighted by Crippen LogP contribution is 2.16. The van der Waals surface area contributed by atoms with Crippen LogP contribution in [0.3, 0.4) is 0 Å². The zero-order chi connectivity index (χ0) is 10.7. The number of nitrogens with zero attached hydrogens (tertiary/aromatic N) is 1. The number of benzene rings is 1. The van der Waals surface area contributed by atoms with Crippen molar-refractivity contribution in [2.75, 3.05) is 0 Å². The van der Waals surface area contributed by atoms with E-state index in [2.05, 4.69) is 28.7 Å². The Balaban J connectivity index is 2.15. The van der Waals surface area contributed by atoms with Crippen LogP contribution in [0.1, 0.15) is 18.1 Å². The van der Waals surface area contributed by atoms with Gasteiger partial charge in [-0.2, -0.15) is 6.21 Å². The van der Waals surface area contributed by atoms with Crippen LogP contribution >= 0.6 is 0 Å². The van der Waals surface area contributed by atoms with Gasteiger partial charge in [0.15, 0.2) is 0 Å². The third-order valence-electron chi connectivity index (χ3n) is 2.60. The number of carbonyl (C=O) groups is 1. The molecule has 1 aromatic rings. The second kappa shape index (κ2) is 4.36. The van der Waals surface area contributed by atoms with E-state index in [4.69, 9.17) is 0 Å². The molecule has 0 saturated heterocycles. The van der Waals surface area contributed by atoms with Gasteiger partial charge in [-0.25, -0.2) is 0 Å². The standard InChI is InChI=1S/C12H13N2O/c1-2-13-12(15)11-7-9-5-3-4-6-10(9)8-14-11/h3-6,11,14H,7-8H2,1H3/q-1. The number of hydrogen-bond donors (Lipinski definition) is 1. The van der Waals surface area contributed by atoms with Crippen LogP contribution in [0.4, 0.5) is 0 Å². The Kier molecular flexibility index (Phi) is 2.92. The summed E-state index contributed by atoms with van der Waals surface area (Å²) in [6, 6.07) is 7.97. The highest BCUT2D eigenvalue weighted by atomic mass is 16.1. The number of fused-ring (bicyclic) bond motifs is 1. The Hall–Kier alpha value is -1.48. The van der Waals surface area contributed by atoms with Crippen molar-refractivity contribution in [1.29, 1.82) is 0 Å². The molecule has 1 aliphatic heterocycles. The first-order valence-electron chi connectivity index (χ1n) is 5.02. The topological polar surface area (TPSA) is 41.5 Å². The average molecular weight is 201 g/mol. The van der Waals surface area contributed by atoms with Crippen LogP contribution in [0.2, 0.25) is 0 Å². The van der Waals surface area contributed by atoms with Crippen LogP contribution in [0.15, 0.2) is 29.3 Å². The minimum atomic E-state index is -0.188. The predicted octanol–water partition coefficient (Wildman–Crippen LogP) is 1.20. The lowest BCUT2D eigenvalue weighted by Gasteiger charge is -2.27. The zero-order valence-electron chi connectivity index (χ0n) is 8.66. The Morgan fingerprint density at radius 2 is 2.20 bits per heavy atom. The summed E-state index contributed by atoms with van der Waals surface area (Å²) < 4.78 is 0. The maximum absolute atomic E-state index is 11.5. The van der Waals surface area contributed by atoms with Gasteiger partial charge in [0.1, 0.15) is 5.91 Å². The minimum absolute atomic E-state index is 0.132. The Morgan fingerprint density at radius 1 is 1.47 bits per heavy atom. The van der Waals surface area contributed by atoms with Gasteiger partial charge in [0.05, 0.1) is 0 Å². The molecule has 1 unspecified atom stereocenters. The van der Waals surface area contributed by atoms with E-state index >= 15 is 0 Å².